The summed E-state index contributed by atoms with van der Waals surface area (Å²) < 4.78 is 0. The van der Waals surface area contributed by atoms with Gasteiger partial charge in [0, 0.05) is 5.69 Å². The Morgan fingerprint density at radius 3 is 2.47 bits per heavy atom. The molecule has 0 aromatic heterocycles. The van der Waals surface area contributed by atoms with E-state index < -0.39 is 0 Å². The Morgan fingerprint density at radius 1 is 1.05 bits per heavy atom. The molecule has 0 atom stereocenters. The third-order valence-electron chi connectivity index (χ3n) is 4.20. The first-order chi connectivity index (χ1) is 9.31. The third-order valence-corrected chi connectivity index (χ3v) is 4.20. The standard InChI is InChI=1S/C16H27N3/c17-10-4-1-5-11-19-12-8-14(9-13-19)15-6-2-3-7-16(15)18/h2-3,6-7,14H,1,4-5,8-13,17-18H2. The lowest BCUT2D eigenvalue weighted by molar-refractivity contribution is 0.208. The average molecular weight is 261 g/mol. The van der Waals surface area contributed by atoms with Crippen molar-refractivity contribution >= 4 is 5.69 Å². The van der Waals surface area contributed by atoms with Gasteiger partial charge in [0.2, 0.25) is 0 Å². The van der Waals surface area contributed by atoms with Crippen molar-refractivity contribution in [3.63, 3.8) is 0 Å². The zero-order valence-corrected chi connectivity index (χ0v) is 11.9. The Labute approximate surface area is 117 Å². The molecule has 2 rings (SSSR count). The van der Waals surface area contributed by atoms with Gasteiger partial charge in [0.1, 0.15) is 0 Å². The van der Waals surface area contributed by atoms with E-state index >= 15 is 0 Å². The molecule has 0 saturated carbocycles. The number of nitrogens with two attached hydrogens (primary N) is 2. The van der Waals surface area contributed by atoms with Crippen molar-refractivity contribution in [1.29, 1.82) is 0 Å². The molecule has 1 aromatic carbocycles. The molecule has 0 aliphatic carbocycles. The fraction of sp³-hybridized carbons (Fsp3) is 0.625. The minimum Gasteiger partial charge on any atom is -0.398 e. The maximum atomic E-state index is 6.07. The first kappa shape index (κ1) is 14.4. The van der Waals surface area contributed by atoms with Gasteiger partial charge in [-0.25, -0.2) is 0 Å². The van der Waals surface area contributed by atoms with E-state index in [1.807, 2.05) is 12.1 Å². The molecule has 0 amide bonds. The van der Waals surface area contributed by atoms with E-state index in [9.17, 15) is 0 Å². The Balaban J connectivity index is 1.75. The summed E-state index contributed by atoms with van der Waals surface area (Å²) in [5.74, 6) is 0.654. The second-order valence-corrected chi connectivity index (χ2v) is 5.59. The molecule has 1 heterocycles. The monoisotopic (exact) mass is 261 g/mol. The lowest BCUT2D eigenvalue weighted by Crippen LogP contribution is -2.33. The van der Waals surface area contributed by atoms with Crippen LogP contribution < -0.4 is 11.5 Å². The predicted molar refractivity (Wildman–Crippen MR) is 82.2 cm³/mol. The summed E-state index contributed by atoms with van der Waals surface area (Å²) in [6.07, 6.45) is 6.20. The summed E-state index contributed by atoms with van der Waals surface area (Å²) in [5, 5.41) is 0. The van der Waals surface area contributed by atoms with Crippen molar-refractivity contribution in [1.82, 2.24) is 4.90 Å². The molecule has 0 spiro atoms. The van der Waals surface area contributed by atoms with Crippen molar-refractivity contribution < 1.29 is 0 Å². The molecule has 19 heavy (non-hydrogen) atoms. The van der Waals surface area contributed by atoms with Crippen LogP contribution in [0.1, 0.15) is 43.6 Å². The fourth-order valence-corrected chi connectivity index (χ4v) is 3.01. The van der Waals surface area contributed by atoms with Gasteiger partial charge in [-0.15, -0.1) is 0 Å². The number of nitrogens with zero attached hydrogens (tertiary/aromatic N) is 1. The van der Waals surface area contributed by atoms with Crippen LogP contribution in [0, 0.1) is 0 Å². The molecule has 1 saturated heterocycles. The van der Waals surface area contributed by atoms with Crippen LogP contribution >= 0.6 is 0 Å². The van der Waals surface area contributed by atoms with Crippen molar-refractivity contribution in [3.8, 4) is 0 Å². The van der Waals surface area contributed by atoms with Gasteiger partial charge in [0.25, 0.3) is 0 Å². The van der Waals surface area contributed by atoms with Crippen molar-refractivity contribution in [2.75, 3.05) is 31.9 Å². The molecule has 1 aliphatic heterocycles. The number of para-hydroxylation sites is 1. The second kappa shape index (κ2) is 7.51. The number of hydrogen-bond acceptors (Lipinski definition) is 3. The van der Waals surface area contributed by atoms with E-state index in [1.165, 1.54) is 50.9 Å². The van der Waals surface area contributed by atoms with E-state index in [0.717, 1.165) is 18.7 Å². The van der Waals surface area contributed by atoms with Gasteiger partial charge < -0.3 is 16.4 Å². The highest BCUT2D eigenvalue weighted by Crippen LogP contribution is 2.31. The summed E-state index contributed by atoms with van der Waals surface area (Å²) >= 11 is 0. The van der Waals surface area contributed by atoms with Gasteiger partial charge in [0.15, 0.2) is 0 Å². The number of rotatable bonds is 6. The minimum atomic E-state index is 0.654. The lowest BCUT2D eigenvalue weighted by atomic mass is 9.88. The molecule has 0 unspecified atom stereocenters. The quantitative estimate of drug-likeness (QED) is 0.611. The number of unbranched alkanes of at least 4 members (excludes halogenated alkanes) is 2. The summed E-state index contributed by atoms with van der Waals surface area (Å²) in [7, 11) is 0. The minimum absolute atomic E-state index is 0.654. The molecule has 3 heteroatoms. The maximum absolute atomic E-state index is 6.07. The van der Waals surface area contributed by atoms with Crippen molar-refractivity contribution in [2.45, 2.75) is 38.0 Å². The van der Waals surface area contributed by atoms with E-state index in [2.05, 4.69) is 17.0 Å². The van der Waals surface area contributed by atoms with Crippen molar-refractivity contribution in [2.24, 2.45) is 5.73 Å². The first-order valence-electron chi connectivity index (χ1n) is 7.58. The zero-order chi connectivity index (χ0) is 13.5. The molecule has 1 aromatic rings. The van der Waals surface area contributed by atoms with Gasteiger partial charge in [-0.3, -0.25) is 0 Å². The number of benzene rings is 1. The van der Waals surface area contributed by atoms with E-state index in [4.69, 9.17) is 11.5 Å². The number of piperidine rings is 1. The molecule has 4 N–H and O–H groups in total. The van der Waals surface area contributed by atoms with Gasteiger partial charge >= 0.3 is 0 Å². The normalized spacial score (nSPS) is 17.7. The Bertz CT molecular complexity index is 370. The summed E-state index contributed by atoms with van der Waals surface area (Å²) in [5.41, 5.74) is 13.9. The summed E-state index contributed by atoms with van der Waals surface area (Å²) in [6, 6.07) is 8.34. The first-order valence-corrected chi connectivity index (χ1v) is 7.58. The molecule has 0 radical (unpaired) electrons. The number of nitrogen functional groups attached to an aromatic ring is 1. The van der Waals surface area contributed by atoms with E-state index in [0.29, 0.717) is 5.92 Å². The van der Waals surface area contributed by atoms with Gasteiger partial charge in [-0.2, -0.15) is 0 Å². The van der Waals surface area contributed by atoms with Crippen LogP contribution in [0.2, 0.25) is 0 Å². The zero-order valence-electron chi connectivity index (χ0n) is 11.9. The Morgan fingerprint density at radius 2 is 1.79 bits per heavy atom. The largest absolute Gasteiger partial charge is 0.398 e. The molecule has 0 bridgehead atoms. The third kappa shape index (κ3) is 4.22. The maximum Gasteiger partial charge on any atom is 0.0349 e. The highest BCUT2D eigenvalue weighted by Gasteiger charge is 2.21. The molecular weight excluding hydrogens is 234 g/mol. The van der Waals surface area contributed by atoms with Crippen LogP contribution in [-0.4, -0.2) is 31.1 Å². The number of hydrogen-bond donors (Lipinski definition) is 2. The molecule has 1 aliphatic rings. The van der Waals surface area contributed by atoms with Gasteiger partial charge in [0.05, 0.1) is 0 Å². The van der Waals surface area contributed by atoms with Crippen molar-refractivity contribution in [3.05, 3.63) is 29.8 Å². The highest BCUT2D eigenvalue weighted by molar-refractivity contribution is 5.48. The van der Waals surface area contributed by atoms with Gasteiger partial charge in [-0.05, 0) is 69.4 Å². The van der Waals surface area contributed by atoms with Crippen LogP contribution in [0.5, 0.6) is 0 Å². The summed E-state index contributed by atoms with van der Waals surface area (Å²) in [6.45, 7) is 4.48. The fourth-order valence-electron chi connectivity index (χ4n) is 3.01. The van der Waals surface area contributed by atoms with Crippen LogP contribution in [0.15, 0.2) is 24.3 Å². The average Bonchev–Trinajstić information content (AvgIpc) is 2.45. The second-order valence-electron chi connectivity index (χ2n) is 5.59. The molecule has 1 fully saturated rings. The number of likely N-dealkylation sites (tertiary alicyclic amines) is 1. The molecular formula is C16H27N3. The van der Waals surface area contributed by atoms with Crippen LogP contribution in [0.25, 0.3) is 0 Å². The number of anilines is 1. The lowest BCUT2D eigenvalue weighted by Gasteiger charge is -2.32. The van der Waals surface area contributed by atoms with Crippen LogP contribution in [0.3, 0.4) is 0 Å². The van der Waals surface area contributed by atoms with E-state index in [1.54, 1.807) is 0 Å². The highest BCUT2D eigenvalue weighted by atomic mass is 15.1. The summed E-state index contributed by atoms with van der Waals surface area (Å²) in [4.78, 5) is 2.59. The van der Waals surface area contributed by atoms with Crippen LogP contribution in [-0.2, 0) is 0 Å². The molecule has 106 valence electrons. The Kier molecular flexibility index (Phi) is 5.67. The SMILES string of the molecule is NCCCCCN1CCC(c2ccccc2N)CC1. The Hall–Kier alpha value is -1.06. The smallest absolute Gasteiger partial charge is 0.0349 e. The molecule has 3 nitrogen and oxygen atoms in total. The van der Waals surface area contributed by atoms with Crippen LogP contribution in [0.4, 0.5) is 5.69 Å². The predicted octanol–water partition coefficient (Wildman–Crippen LogP) is 2.58. The van der Waals surface area contributed by atoms with Gasteiger partial charge in [-0.1, -0.05) is 24.6 Å². The van der Waals surface area contributed by atoms with E-state index in [-0.39, 0.29) is 0 Å². The topological polar surface area (TPSA) is 55.3 Å².